The molecule has 0 aliphatic carbocycles. The minimum absolute atomic E-state index is 0.408. The Kier molecular flexibility index (Phi) is 14.8. The number of nitrogen functional groups attached to an aromatic ring is 2. The lowest BCUT2D eigenvalue weighted by atomic mass is 9.85. The highest BCUT2D eigenvalue weighted by atomic mass is 14.5. The molecule has 4 aromatic rings. The Bertz CT molecular complexity index is 1270. The second-order valence-corrected chi connectivity index (χ2v) is 13.6. The maximum Gasteiger partial charge on any atom is 0.0314 e. The van der Waals surface area contributed by atoms with Gasteiger partial charge in [0.05, 0.1) is 0 Å². The molecule has 2 unspecified atom stereocenters. The fourth-order valence-electron chi connectivity index (χ4n) is 7.24. The van der Waals surface area contributed by atoms with E-state index in [1.54, 1.807) is 0 Å². The molecule has 4 N–H and O–H groups in total. The summed E-state index contributed by atoms with van der Waals surface area (Å²) in [6.45, 7) is 6.85. The van der Waals surface area contributed by atoms with E-state index < -0.39 is 0 Å². The first kappa shape index (κ1) is 35.3. The minimum atomic E-state index is 0.408. The summed E-state index contributed by atoms with van der Waals surface area (Å²) in [6.07, 6.45) is 18.2. The average molecular weight is 617 g/mol. The van der Waals surface area contributed by atoms with Crippen molar-refractivity contribution >= 4 is 11.4 Å². The van der Waals surface area contributed by atoms with E-state index in [0.717, 1.165) is 37.1 Å². The number of nitrogens with two attached hydrogens (primary N) is 2. The summed E-state index contributed by atoms with van der Waals surface area (Å²) in [5, 5.41) is 0. The molecule has 2 nitrogen and oxygen atoms in total. The Morgan fingerprint density at radius 2 is 0.739 bits per heavy atom. The van der Waals surface area contributed by atoms with Gasteiger partial charge in [-0.3, -0.25) is 0 Å². The molecule has 0 aliphatic heterocycles. The normalized spacial score (nSPS) is 13.4. The van der Waals surface area contributed by atoms with Gasteiger partial charge in [-0.05, 0) is 95.7 Å². The van der Waals surface area contributed by atoms with Crippen molar-refractivity contribution in [3.63, 3.8) is 0 Å². The lowest BCUT2D eigenvalue weighted by molar-refractivity contribution is 0.444. The zero-order valence-corrected chi connectivity index (χ0v) is 29.0. The minimum Gasteiger partial charge on any atom is -0.399 e. The third-order valence-electron chi connectivity index (χ3n) is 10.0. The van der Waals surface area contributed by atoms with Gasteiger partial charge in [-0.15, -0.1) is 0 Å². The van der Waals surface area contributed by atoms with Crippen molar-refractivity contribution in [1.82, 2.24) is 0 Å². The smallest absolute Gasteiger partial charge is 0.0314 e. The molecule has 0 bridgehead atoms. The molecule has 46 heavy (non-hydrogen) atoms. The molecule has 2 atom stereocenters. The number of benzene rings is 4. The first-order valence-electron chi connectivity index (χ1n) is 18.4. The second-order valence-electron chi connectivity index (χ2n) is 13.6. The van der Waals surface area contributed by atoms with Crippen molar-refractivity contribution in [2.75, 3.05) is 11.5 Å². The van der Waals surface area contributed by atoms with Gasteiger partial charge in [-0.2, -0.15) is 0 Å². The van der Waals surface area contributed by atoms with Crippen molar-refractivity contribution in [2.24, 2.45) is 5.92 Å². The quantitative estimate of drug-likeness (QED) is 0.0766. The topological polar surface area (TPSA) is 52.0 Å². The molecule has 0 heterocycles. The standard InChI is InChI=1S/C44H60N2/c1-4-7-8-9-10-11-12-13-14-15-36(32-34-16-20-37(21-17-34)43(5-2)39-24-28-41(45)29-25-39)33-35-18-22-38(23-19-35)44(6-3)40-26-30-42(46)31-27-40/h16-31,36,43-44H,4-15,32-33,45-46H2,1-3H3. The van der Waals surface area contributed by atoms with Gasteiger partial charge in [-0.25, -0.2) is 0 Å². The van der Waals surface area contributed by atoms with Gasteiger partial charge < -0.3 is 11.5 Å². The Labute approximate surface area is 281 Å². The molecule has 0 radical (unpaired) electrons. The largest absolute Gasteiger partial charge is 0.399 e. The van der Waals surface area contributed by atoms with E-state index in [4.69, 9.17) is 11.5 Å². The predicted octanol–water partition coefficient (Wildman–Crippen LogP) is 12.3. The summed E-state index contributed by atoms with van der Waals surface area (Å²) in [4.78, 5) is 0. The summed E-state index contributed by atoms with van der Waals surface area (Å²) < 4.78 is 0. The maximum absolute atomic E-state index is 5.96. The van der Waals surface area contributed by atoms with Crippen LogP contribution in [-0.2, 0) is 12.8 Å². The van der Waals surface area contributed by atoms with E-state index in [1.165, 1.54) is 97.6 Å². The zero-order valence-electron chi connectivity index (χ0n) is 29.0. The van der Waals surface area contributed by atoms with Crippen LogP contribution in [0.1, 0.15) is 143 Å². The number of hydrogen-bond donors (Lipinski definition) is 2. The molecule has 0 aliphatic rings. The van der Waals surface area contributed by atoms with E-state index in [0.29, 0.717) is 17.8 Å². The van der Waals surface area contributed by atoms with Crippen LogP contribution in [0.5, 0.6) is 0 Å². The molecule has 0 spiro atoms. The van der Waals surface area contributed by atoms with E-state index in [9.17, 15) is 0 Å². The van der Waals surface area contributed by atoms with Crippen molar-refractivity contribution in [2.45, 2.75) is 122 Å². The van der Waals surface area contributed by atoms with E-state index in [-0.39, 0.29) is 0 Å². The number of rotatable bonds is 20. The van der Waals surface area contributed by atoms with Crippen LogP contribution in [0.3, 0.4) is 0 Å². The van der Waals surface area contributed by atoms with Crippen LogP contribution in [0.25, 0.3) is 0 Å². The van der Waals surface area contributed by atoms with Gasteiger partial charge in [0.25, 0.3) is 0 Å². The zero-order chi connectivity index (χ0) is 32.6. The van der Waals surface area contributed by atoms with Crippen LogP contribution in [0.15, 0.2) is 97.1 Å². The lowest BCUT2D eigenvalue weighted by Gasteiger charge is -2.20. The van der Waals surface area contributed by atoms with Crippen LogP contribution in [-0.4, -0.2) is 0 Å². The number of hydrogen-bond acceptors (Lipinski definition) is 2. The summed E-state index contributed by atoms with van der Waals surface area (Å²) in [5.74, 6) is 1.47. The molecule has 246 valence electrons. The van der Waals surface area contributed by atoms with Gasteiger partial charge in [0.2, 0.25) is 0 Å². The number of unbranched alkanes of at least 4 members (excludes halogenated alkanes) is 8. The van der Waals surface area contributed by atoms with Crippen LogP contribution in [0.2, 0.25) is 0 Å². The van der Waals surface area contributed by atoms with Crippen molar-refractivity contribution < 1.29 is 0 Å². The van der Waals surface area contributed by atoms with Crippen molar-refractivity contribution in [3.05, 3.63) is 130 Å². The van der Waals surface area contributed by atoms with Crippen LogP contribution >= 0.6 is 0 Å². The monoisotopic (exact) mass is 616 g/mol. The van der Waals surface area contributed by atoms with Gasteiger partial charge >= 0.3 is 0 Å². The summed E-state index contributed by atoms with van der Waals surface area (Å²) in [6, 6.07) is 35.9. The van der Waals surface area contributed by atoms with Gasteiger partial charge in [0, 0.05) is 23.2 Å². The first-order chi connectivity index (χ1) is 22.5. The second kappa shape index (κ2) is 19.2. The van der Waals surface area contributed by atoms with E-state index >= 15 is 0 Å². The fourth-order valence-corrected chi connectivity index (χ4v) is 7.24. The lowest BCUT2D eigenvalue weighted by Crippen LogP contribution is -2.10. The molecule has 0 fully saturated rings. The Morgan fingerprint density at radius 3 is 1.09 bits per heavy atom. The van der Waals surface area contributed by atoms with Crippen molar-refractivity contribution in [3.8, 4) is 0 Å². The summed E-state index contributed by atoms with van der Waals surface area (Å²) in [5.41, 5.74) is 22.0. The molecular formula is C44H60N2. The molecule has 0 amide bonds. The fraction of sp³-hybridized carbons (Fsp3) is 0.455. The van der Waals surface area contributed by atoms with Gasteiger partial charge in [0.1, 0.15) is 0 Å². The van der Waals surface area contributed by atoms with Crippen LogP contribution < -0.4 is 11.5 Å². The Hall–Kier alpha value is -3.52. The van der Waals surface area contributed by atoms with Crippen molar-refractivity contribution in [1.29, 1.82) is 0 Å². The third-order valence-corrected chi connectivity index (χ3v) is 10.0. The highest BCUT2D eigenvalue weighted by Crippen LogP contribution is 2.31. The molecule has 0 saturated carbocycles. The molecule has 0 aromatic heterocycles. The molecular weight excluding hydrogens is 556 g/mol. The van der Waals surface area contributed by atoms with Gasteiger partial charge in [0.15, 0.2) is 0 Å². The van der Waals surface area contributed by atoms with Crippen LogP contribution in [0, 0.1) is 5.92 Å². The maximum atomic E-state index is 5.96. The Morgan fingerprint density at radius 1 is 0.413 bits per heavy atom. The average Bonchev–Trinajstić information content (AvgIpc) is 3.08. The van der Waals surface area contributed by atoms with Gasteiger partial charge in [-0.1, -0.05) is 151 Å². The molecule has 2 heteroatoms. The Balaban J connectivity index is 1.40. The highest BCUT2D eigenvalue weighted by Gasteiger charge is 2.16. The molecule has 4 aromatic carbocycles. The molecule has 4 rings (SSSR count). The first-order valence-corrected chi connectivity index (χ1v) is 18.4. The summed E-state index contributed by atoms with van der Waals surface area (Å²) >= 11 is 0. The van der Waals surface area contributed by atoms with Crippen LogP contribution in [0.4, 0.5) is 11.4 Å². The van der Waals surface area contributed by atoms with E-state index in [1.807, 2.05) is 24.3 Å². The summed E-state index contributed by atoms with van der Waals surface area (Å²) in [7, 11) is 0. The predicted molar refractivity (Wildman–Crippen MR) is 202 cm³/mol. The third kappa shape index (κ3) is 11.1. The number of anilines is 2. The molecule has 0 saturated heterocycles. The SMILES string of the molecule is CCCCCCCCCCCC(Cc1ccc(C(CC)c2ccc(N)cc2)cc1)Cc1ccc(C(CC)c2ccc(N)cc2)cc1. The highest BCUT2D eigenvalue weighted by molar-refractivity contribution is 5.44. The van der Waals surface area contributed by atoms with E-state index in [2.05, 4.69) is 93.6 Å².